The minimum absolute atomic E-state index is 0.232. The van der Waals surface area contributed by atoms with Gasteiger partial charge in [0.1, 0.15) is 5.41 Å². The second-order valence-electron chi connectivity index (χ2n) is 5.94. The fourth-order valence-electron chi connectivity index (χ4n) is 3.67. The van der Waals surface area contributed by atoms with Crippen LogP contribution in [0.15, 0.2) is 54.6 Å². The first-order valence-electron chi connectivity index (χ1n) is 8.22. The normalized spacial score (nSPS) is 20.3. The van der Waals surface area contributed by atoms with Crippen molar-refractivity contribution in [2.75, 3.05) is 11.4 Å². The smallest absolute Gasteiger partial charge is 0.242 e. The Morgan fingerprint density at radius 1 is 0.955 bits per heavy atom. The minimum atomic E-state index is -0.510. The number of benzene rings is 2. The summed E-state index contributed by atoms with van der Waals surface area (Å²) in [6.45, 7) is 4.95. The second-order valence-corrected chi connectivity index (χ2v) is 5.94. The van der Waals surface area contributed by atoms with Gasteiger partial charge in [0, 0.05) is 12.2 Å². The van der Waals surface area contributed by atoms with E-state index in [2.05, 4.69) is 44.2 Å². The van der Waals surface area contributed by atoms with Crippen molar-refractivity contribution < 1.29 is 4.79 Å². The number of hydrogen-bond acceptors (Lipinski definition) is 1. The number of anilines is 1. The highest BCUT2D eigenvalue weighted by Gasteiger charge is 2.50. The van der Waals surface area contributed by atoms with E-state index in [0.717, 1.165) is 37.1 Å². The van der Waals surface area contributed by atoms with E-state index in [-0.39, 0.29) is 5.91 Å². The van der Waals surface area contributed by atoms with Crippen molar-refractivity contribution in [3.8, 4) is 0 Å². The van der Waals surface area contributed by atoms with Gasteiger partial charge in [-0.25, -0.2) is 0 Å². The van der Waals surface area contributed by atoms with Crippen LogP contribution in [0.25, 0.3) is 0 Å². The lowest BCUT2D eigenvalue weighted by Crippen LogP contribution is -2.41. The van der Waals surface area contributed by atoms with Gasteiger partial charge in [0.15, 0.2) is 0 Å². The van der Waals surface area contributed by atoms with Crippen molar-refractivity contribution >= 4 is 11.6 Å². The maximum absolute atomic E-state index is 13.3. The van der Waals surface area contributed by atoms with E-state index < -0.39 is 5.41 Å². The van der Waals surface area contributed by atoms with Crippen LogP contribution in [0.4, 0.5) is 5.69 Å². The third-order valence-corrected chi connectivity index (χ3v) is 4.75. The van der Waals surface area contributed by atoms with Crippen LogP contribution < -0.4 is 4.90 Å². The third kappa shape index (κ3) is 2.06. The van der Waals surface area contributed by atoms with Gasteiger partial charge in [-0.05, 0) is 30.5 Å². The summed E-state index contributed by atoms with van der Waals surface area (Å²) >= 11 is 0. The highest BCUT2D eigenvalue weighted by atomic mass is 16.2. The Labute approximate surface area is 132 Å². The van der Waals surface area contributed by atoms with E-state index in [1.54, 1.807) is 0 Å². The molecule has 0 saturated carbocycles. The van der Waals surface area contributed by atoms with Crippen molar-refractivity contribution in [1.82, 2.24) is 0 Å². The zero-order valence-electron chi connectivity index (χ0n) is 13.4. The number of amides is 1. The van der Waals surface area contributed by atoms with Crippen LogP contribution in [0.1, 0.15) is 44.2 Å². The Balaban J connectivity index is 2.23. The summed E-state index contributed by atoms with van der Waals surface area (Å²) in [6.07, 6.45) is 3.02. The van der Waals surface area contributed by atoms with E-state index in [4.69, 9.17) is 0 Å². The Morgan fingerprint density at radius 2 is 1.64 bits per heavy atom. The number of fused-ring (bicyclic) bond motifs is 1. The molecule has 0 saturated heterocycles. The van der Waals surface area contributed by atoms with E-state index in [1.807, 2.05) is 29.2 Å². The molecule has 2 nitrogen and oxygen atoms in total. The molecule has 2 aromatic rings. The summed E-state index contributed by atoms with van der Waals surface area (Å²) < 4.78 is 0. The molecule has 22 heavy (non-hydrogen) atoms. The summed E-state index contributed by atoms with van der Waals surface area (Å²) in [5.74, 6) is 0.232. The van der Waals surface area contributed by atoms with Crippen LogP contribution in [0.2, 0.25) is 0 Å². The second kappa shape index (κ2) is 5.96. The zero-order valence-corrected chi connectivity index (χ0v) is 13.4. The fourth-order valence-corrected chi connectivity index (χ4v) is 3.67. The fraction of sp³-hybridized carbons (Fsp3) is 0.350. The lowest BCUT2D eigenvalue weighted by Gasteiger charge is -2.29. The molecule has 3 rings (SSSR count). The molecule has 1 amide bonds. The van der Waals surface area contributed by atoms with Crippen LogP contribution in [-0.4, -0.2) is 12.5 Å². The van der Waals surface area contributed by atoms with Gasteiger partial charge in [-0.15, -0.1) is 0 Å². The third-order valence-electron chi connectivity index (χ3n) is 4.75. The largest absolute Gasteiger partial charge is 0.311 e. The topological polar surface area (TPSA) is 20.3 Å². The first kappa shape index (κ1) is 14.8. The maximum Gasteiger partial charge on any atom is 0.242 e. The Hall–Kier alpha value is -2.09. The molecule has 0 spiro atoms. The van der Waals surface area contributed by atoms with Crippen LogP contribution in [0.5, 0.6) is 0 Å². The predicted octanol–water partition coefficient (Wildman–Crippen LogP) is 4.53. The quantitative estimate of drug-likeness (QED) is 0.793. The average Bonchev–Trinajstić information content (AvgIpc) is 2.82. The van der Waals surface area contributed by atoms with Gasteiger partial charge >= 0.3 is 0 Å². The number of para-hydroxylation sites is 1. The number of unbranched alkanes of at least 4 members (excludes halogenated alkanes) is 1. The van der Waals surface area contributed by atoms with Crippen molar-refractivity contribution in [1.29, 1.82) is 0 Å². The molecule has 1 unspecified atom stereocenters. The van der Waals surface area contributed by atoms with Gasteiger partial charge in [0.05, 0.1) is 0 Å². The molecule has 2 aromatic carbocycles. The summed E-state index contributed by atoms with van der Waals surface area (Å²) in [5, 5.41) is 0. The van der Waals surface area contributed by atoms with Crippen molar-refractivity contribution in [3.63, 3.8) is 0 Å². The Bertz CT molecular complexity index is 664. The molecule has 0 radical (unpaired) electrons. The average molecular weight is 293 g/mol. The molecule has 0 bridgehead atoms. The molecule has 1 atom stereocenters. The Kier molecular flexibility index (Phi) is 4.02. The van der Waals surface area contributed by atoms with Crippen LogP contribution in [0, 0.1) is 0 Å². The molecular weight excluding hydrogens is 270 g/mol. The Morgan fingerprint density at radius 3 is 2.32 bits per heavy atom. The van der Waals surface area contributed by atoms with Gasteiger partial charge in [0.25, 0.3) is 0 Å². The summed E-state index contributed by atoms with van der Waals surface area (Å²) in [4.78, 5) is 15.3. The summed E-state index contributed by atoms with van der Waals surface area (Å²) in [5.41, 5.74) is 2.86. The van der Waals surface area contributed by atoms with Gasteiger partial charge in [0.2, 0.25) is 5.91 Å². The number of nitrogens with zero attached hydrogens (tertiary/aromatic N) is 1. The highest BCUT2D eigenvalue weighted by molar-refractivity contribution is 6.10. The van der Waals surface area contributed by atoms with Crippen LogP contribution >= 0.6 is 0 Å². The van der Waals surface area contributed by atoms with E-state index >= 15 is 0 Å². The number of rotatable bonds is 5. The predicted molar refractivity (Wildman–Crippen MR) is 91.2 cm³/mol. The first-order chi connectivity index (χ1) is 10.8. The summed E-state index contributed by atoms with van der Waals surface area (Å²) in [7, 11) is 0. The summed E-state index contributed by atoms with van der Waals surface area (Å²) in [6, 6.07) is 18.6. The van der Waals surface area contributed by atoms with Crippen molar-refractivity contribution in [3.05, 3.63) is 65.7 Å². The van der Waals surface area contributed by atoms with Crippen LogP contribution in [-0.2, 0) is 10.2 Å². The SMILES string of the molecule is CCCCC1(c2ccccc2)C(=O)N(CC)c2ccccc21. The highest BCUT2D eigenvalue weighted by Crippen LogP contribution is 2.48. The molecule has 0 N–H and O–H groups in total. The molecule has 0 aliphatic carbocycles. The molecule has 114 valence electrons. The maximum atomic E-state index is 13.3. The first-order valence-corrected chi connectivity index (χ1v) is 8.22. The molecule has 1 aliphatic rings. The van der Waals surface area contributed by atoms with Gasteiger partial charge in [-0.2, -0.15) is 0 Å². The van der Waals surface area contributed by atoms with Gasteiger partial charge < -0.3 is 4.90 Å². The standard InChI is InChI=1S/C20H23NO/c1-3-5-15-20(16-11-7-6-8-12-16)17-13-9-10-14-18(17)21(4-2)19(20)22/h6-14H,3-5,15H2,1-2H3. The molecular formula is C20H23NO. The molecule has 1 heterocycles. The lowest BCUT2D eigenvalue weighted by molar-refractivity contribution is -0.122. The number of likely N-dealkylation sites (N-methyl/N-ethyl adjacent to an activating group) is 1. The van der Waals surface area contributed by atoms with Crippen molar-refractivity contribution in [2.24, 2.45) is 0 Å². The monoisotopic (exact) mass is 293 g/mol. The van der Waals surface area contributed by atoms with Gasteiger partial charge in [-0.3, -0.25) is 4.79 Å². The molecule has 2 heteroatoms. The van der Waals surface area contributed by atoms with E-state index in [9.17, 15) is 4.79 Å². The number of hydrogen-bond donors (Lipinski definition) is 0. The molecule has 1 aliphatic heterocycles. The minimum Gasteiger partial charge on any atom is -0.311 e. The van der Waals surface area contributed by atoms with E-state index in [1.165, 1.54) is 5.56 Å². The van der Waals surface area contributed by atoms with Crippen LogP contribution in [0.3, 0.4) is 0 Å². The van der Waals surface area contributed by atoms with Crippen molar-refractivity contribution in [2.45, 2.75) is 38.5 Å². The van der Waals surface area contributed by atoms with Gasteiger partial charge in [-0.1, -0.05) is 68.3 Å². The lowest BCUT2D eigenvalue weighted by atomic mass is 9.72. The zero-order chi connectivity index (χ0) is 15.6. The molecule has 0 aromatic heterocycles. The number of carbonyl (C=O) groups is 1. The molecule has 0 fully saturated rings. The van der Waals surface area contributed by atoms with E-state index in [0.29, 0.717) is 0 Å². The number of carbonyl (C=O) groups excluding carboxylic acids is 1.